The Balaban J connectivity index is 1.63. The van der Waals surface area contributed by atoms with E-state index in [1.54, 1.807) is 26.4 Å². The van der Waals surface area contributed by atoms with E-state index in [1.807, 2.05) is 6.07 Å². The second-order valence-corrected chi connectivity index (χ2v) is 7.67. The molecule has 1 fully saturated rings. The normalized spacial score (nSPS) is 17.4. The topological polar surface area (TPSA) is 50.8 Å². The fourth-order valence-electron chi connectivity index (χ4n) is 3.41. The van der Waals surface area contributed by atoms with Crippen LogP contribution in [0.25, 0.3) is 0 Å². The van der Waals surface area contributed by atoms with E-state index in [4.69, 9.17) is 9.47 Å². The number of halogens is 1. The smallest absolute Gasteiger partial charge is 0.228 e. The molecule has 1 aliphatic heterocycles. The summed E-state index contributed by atoms with van der Waals surface area (Å²) in [4.78, 5) is 15.2. The van der Waals surface area contributed by atoms with Crippen LogP contribution in [0.15, 0.2) is 46.9 Å². The molecule has 1 N–H and O–H groups in total. The lowest BCUT2D eigenvalue weighted by Crippen LogP contribution is -2.40. The van der Waals surface area contributed by atoms with Gasteiger partial charge in [0.1, 0.15) is 11.5 Å². The van der Waals surface area contributed by atoms with Crippen LogP contribution in [0.5, 0.6) is 11.5 Å². The third kappa shape index (κ3) is 5.23. The molecule has 1 amide bonds. The van der Waals surface area contributed by atoms with Gasteiger partial charge in [-0.25, -0.2) is 0 Å². The summed E-state index contributed by atoms with van der Waals surface area (Å²) in [5.41, 5.74) is 1.90. The van der Waals surface area contributed by atoms with Gasteiger partial charge >= 0.3 is 0 Å². The quantitative estimate of drug-likeness (QED) is 0.738. The number of nitrogens with zero attached hydrogens (tertiary/aromatic N) is 1. The Bertz CT molecular complexity index is 779. The van der Waals surface area contributed by atoms with E-state index in [0.717, 1.165) is 36.9 Å². The molecular formula is C21H25BrN2O3. The predicted molar refractivity (Wildman–Crippen MR) is 110 cm³/mol. The van der Waals surface area contributed by atoms with E-state index in [9.17, 15) is 4.79 Å². The zero-order valence-corrected chi connectivity index (χ0v) is 17.3. The van der Waals surface area contributed by atoms with Crippen LogP contribution < -0.4 is 14.8 Å². The van der Waals surface area contributed by atoms with Crippen LogP contribution in [-0.2, 0) is 11.3 Å². The van der Waals surface area contributed by atoms with Gasteiger partial charge in [0, 0.05) is 23.6 Å². The maximum Gasteiger partial charge on any atom is 0.228 e. The fourth-order valence-corrected chi connectivity index (χ4v) is 3.67. The van der Waals surface area contributed by atoms with Gasteiger partial charge in [-0.1, -0.05) is 28.1 Å². The molecule has 1 aliphatic rings. The number of piperidine rings is 1. The van der Waals surface area contributed by atoms with Crippen molar-refractivity contribution in [3.05, 3.63) is 52.5 Å². The molecule has 0 aromatic heterocycles. The average molecular weight is 433 g/mol. The van der Waals surface area contributed by atoms with Crippen molar-refractivity contribution in [3.63, 3.8) is 0 Å². The molecule has 144 valence electrons. The first kappa shape index (κ1) is 19.7. The highest BCUT2D eigenvalue weighted by Crippen LogP contribution is 2.30. The molecule has 0 aliphatic carbocycles. The zero-order chi connectivity index (χ0) is 19.2. The molecule has 27 heavy (non-hydrogen) atoms. The summed E-state index contributed by atoms with van der Waals surface area (Å²) in [6.45, 7) is 2.63. The minimum absolute atomic E-state index is 0.0297. The number of nitrogens with one attached hydrogen (secondary N) is 1. The van der Waals surface area contributed by atoms with Crippen LogP contribution in [0.3, 0.4) is 0 Å². The van der Waals surface area contributed by atoms with Crippen LogP contribution in [0.1, 0.15) is 18.4 Å². The Morgan fingerprint density at radius 3 is 2.67 bits per heavy atom. The van der Waals surface area contributed by atoms with Gasteiger partial charge < -0.3 is 14.8 Å². The van der Waals surface area contributed by atoms with Crippen LogP contribution in [0.4, 0.5) is 5.69 Å². The number of carbonyl (C=O) groups excluding carboxylic acids is 1. The number of likely N-dealkylation sites (tertiary alicyclic amines) is 1. The second kappa shape index (κ2) is 9.24. The number of hydrogen-bond donors (Lipinski definition) is 1. The van der Waals surface area contributed by atoms with E-state index >= 15 is 0 Å². The van der Waals surface area contributed by atoms with Gasteiger partial charge in [0.2, 0.25) is 5.91 Å². The lowest BCUT2D eigenvalue weighted by Gasteiger charge is -2.32. The molecule has 3 rings (SSSR count). The van der Waals surface area contributed by atoms with E-state index < -0.39 is 0 Å². The molecule has 2 aromatic rings. The van der Waals surface area contributed by atoms with E-state index in [-0.39, 0.29) is 11.8 Å². The third-order valence-corrected chi connectivity index (χ3v) is 5.39. The van der Waals surface area contributed by atoms with Gasteiger partial charge in [-0.15, -0.1) is 0 Å². The van der Waals surface area contributed by atoms with Crippen LogP contribution in [0, 0.1) is 5.92 Å². The number of benzene rings is 2. The van der Waals surface area contributed by atoms with Crippen molar-refractivity contribution in [2.24, 2.45) is 5.92 Å². The number of hydrogen-bond acceptors (Lipinski definition) is 4. The molecular weight excluding hydrogens is 408 g/mol. The molecule has 0 bridgehead atoms. The highest BCUT2D eigenvalue weighted by atomic mass is 79.9. The number of rotatable bonds is 6. The molecule has 6 heteroatoms. The minimum atomic E-state index is -0.0369. The summed E-state index contributed by atoms with van der Waals surface area (Å²) in [6, 6.07) is 13.8. The SMILES string of the molecule is COc1ccc(OC)c(NC(=O)C2CCCN(Cc3ccc(Br)cc3)C2)c1. The summed E-state index contributed by atoms with van der Waals surface area (Å²) in [5, 5.41) is 3.02. The monoisotopic (exact) mass is 432 g/mol. The van der Waals surface area contributed by atoms with Gasteiger partial charge in [0.05, 0.1) is 25.8 Å². The Labute approximate surface area is 168 Å². The fraction of sp³-hybridized carbons (Fsp3) is 0.381. The molecule has 1 saturated heterocycles. The van der Waals surface area contributed by atoms with Crippen molar-refractivity contribution < 1.29 is 14.3 Å². The van der Waals surface area contributed by atoms with E-state index in [1.165, 1.54) is 5.56 Å². The van der Waals surface area contributed by atoms with Crippen molar-refractivity contribution in [1.29, 1.82) is 0 Å². The van der Waals surface area contributed by atoms with Gasteiger partial charge in [0.25, 0.3) is 0 Å². The summed E-state index contributed by atoms with van der Waals surface area (Å²) < 4.78 is 11.7. The first-order valence-corrected chi connectivity index (χ1v) is 9.88. The maximum atomic E-state index is 12.8. The molecule has 0 saturated carbocycles. The first-order chi connectivity index (χ1) is 13.1. The summed E-state index contributed by atoms with van der Waals surface area (Å²) in [5.74, 6) is 1.31. The Morgan fingerprint density at radius 1 is 1.19 bits per heavy atom. The minimum Gasteiger partial charge on any atom is -0.497 e. The molecule has 1 heterocycles. The standard InChI is InChI=1S/C21H25BrN2O3/c1-26-18-9-10-20(27-2)19(12-18)23-21(25)16-4-3-11-24(14-16)13-15-5-7-17(22)8-6-15/h5-10,12,16H,3-4,11,13-14H2,1-2H3,(H,23,25). The summed E-state index contributed by atoms with van der Waals surface area (Å²) in [7, 11) is 3.20. The number of amides is 1. The summed E-state index contributed by atoms with van der Waals surface area (Å²) in [6.07, 6.45) is 1.92. The van der Waals surface area contributed by atoms with Crippen LogP contribution >= 0.6 is 15.9 Å². The number of methoxy groups -OCH3 is 2. The Kier molecular flexibility index (Phi) is 6.74. The average Bonchev–Trinajstić information content (AvgIpc) is 2.70. The largest absolute Gasteiger partial charge is 0.497 e. The van der Waals surface area contributed by atoms with Gasteiger partial charge in [-0.3, -0.25) is 9.69 Å². The number of carbonyl (C=O) groups is 1. The van der Waals surface area contributed by atoms with Crippen molar-refractivity contribution in [1.82, 2.24) is 4.90 Å². The van der Waals surface area contributed by atoms with Gasteiger partial charge in [-0.2, -0.15) is 0 Å². The van der Waals surface area contributed by atoms with Crippen LogP contribution in [-0.4, -0.2) is 38.1 Å². The highest BCUT2D eigenvalue weighted by molar-refractivity contribution is 9.10. The second-order valence-electron chi connectivity index (χ2n) is 6.76. The molecule has 1 atom stereocenters. The lowest BCUT2D eigenvalue weighted by molar-refractivity contribution is -0.121. The number of ether oxygens (including phenoxy) is 2. The van der Waals surface area contributed by atoms with E-state index in [0.29, 0.717) is 17.2 Å². The van der Waals surface area contributed by atoms with Gasteiger partial charge in [0.15, 0.2) is 0 Å². The highest BCUT2D eigenvalue weighted by Gasteiger charge is 2.26. The van der Waals surface area contributed by atoms with Crippen molar-refractivity contribution in [3.8, 4) is 11.5 Å². The number of anilines is 1. The predicted octanol–water partition coefficient (Wildman–Crippen LogP) is 4.32. The first-order valence-electron chi connectivity index (χ1n) is 9.08. The molecule has 1 unspecified atom stereocenters. The third-order valence-electron chi connectivity index (χ3n) is 4.86. The molecule has 5 nitrogen and oxygen atoms in total. The van der Waals surface area contributed by atoms with Gasteiger partial charge in [-0.05, 0) is 49.2 Å². The molecule has 0 spiro atoms. The van der Waals surface area contributed by atoms with Crippen LogP contribution in [0.2, 0.25) is 0 Å². The van der Waals surface area contributed by atoms with Crippen molar-refractivity contribution in [2.45, 2.75) is 19.4 Å². The Hall–Kier alpha value is -2.05. The summed E-state index contributed by atoms with van der Waals surface area (Å²) >= 11 is 3.47. The van der Waals surface area contributed by atoms with E-state index in [2.05, 4.69) is 50.4 Å². The lowest BCUT2D eigenvalue weighted by atomic mass is 9.96. The maximum absolute atomic E-state index is 12.8. The zero-order valence-electron chi connectivity index (χ0n) is 15.7. The molecule has 0 radical (unpaired) electrons. The van der Waals surface area contributed by atoms with Crippen molar-refractivity contribution >= 4 is 27.5 Å². The van der Waals surface area contributed by atoms with Crippen molar-refractivity contribution in [2.75, 3.05) is 32.6 Å². The Morgan fingerprint density at radius 2 is 1.96 bits per heavy atom. The molecule has 2 aromatic carbocycles.